The normalized spacial score (nSPS) is 12.2. The average Bonchev–Trinajstić information content (AvgIpc) is 2.92. The fourth-order valence-electron chi connectivity index (χ4n) is 4.03. The second-order valence-corrected chi connectivity index (χ2v) is 9.96. The molecule has 10 nitrogen and oxygen atoms in total. The van der Waals surface area contributed by atoms with Crippen LogP contribution >= 0.6 is 23.2 Å². The molecule has 8 N–H and O–H groups in total. The first-order chi connectivity index (χ1) is 19.6. The van der Waals surface area contributed by atoms with Crippen molar-refractivity contribution in [1.82, 2.24) is 19.9 Å². The number of rotatable bonds is 7. The lowest BCUT2D eigenvalue weighted by Crippen LogP contribution is -2.32. The molecule has 0 aliphatic heterocycles. The van der Waals surface area contributed by atoms with Crippen LogP contribution in [0.4, 0.5) is 17.7 Å². The molecule has 0 amide bonds. The standard InChI is InChI=1S/C25H25N5O2.C4H3Cl2N3/c1-15(19-11-10-17-4-2-3-5-20(17)13-19)28-23-14-22(29-25(27)30-23)18-8-6-16(7-9-18)12-21(26)24(31)32;5-2-1-3(6)9-4(7)8-2/h2-11,13-15,21H,12,26H2,1H3,(H,31,32)(H3,27,28,29,30);1H,(H2,7,8,9)/t15-,21+;/m1./s1. The lowest BCUT2D eigenvalue weighted by atomic mass is 10.0. The average molecular weight is 592 g/mol. The molecule has 0 bridgehead atoms. The lowest BCUT2D eigenvalue weighted by Gasteiger charge is -2.16. The highest BCUT2D eigenvalue weighted by molar-refractivity contribution is 6.33. The number of nitrogen functional groups attached to an aromatic ring is 2. The summed E-state index contributed by atoms with van der Waals surface area (Å²) in [5.74, 6) is -0.126. The number of hydrogen-bond acceptors (Lipinski definition) is 9. The molecule has 2 aromatic heterocycles. The van der Waals surface area contributed by atoms with E-state index in [2.05, 4.69) is 62.5 Å². The number of nitrogens with one attached hydrogen (secondary N) is 1. The Hall–Kier alpha value is -4.51. The van der Waals surface area contributed by atoms with Crippen molar-refractivity contribution >= 4 is 57.7 Å². The van der Waals surface area contributed by atoms with E-state index in [0.29, 0.717) is 11.5 Å². The third-order valence-electron chi connectivity index (χ3n) is 6.08. The van der Waals surface area contributed by atoms with Crippen LogP contribution in [-0.4, -0.2) is 37.1 Å². The first kappa shape index (κ1) is 29.5. The van der Waals surface area contributed by atoms with Gasteiger partial charge in [-0.1, -0.05) is 83.9 Å². The van der Waals surface area contributed by atoms with Crippen molar-refractivity contribution < 1.29 is 9.90 Å². The Morgan fingerprint density at radius 1 is 0.854 bits per heavy atom. The molecule has 0 aliphatic carbocycles. The number of carboxylic acid groups (broad SMARTS) is 1. The second kappa shape index (κ2) is 13.2. The molecular formula is C29H28Cl2N8O2. The van der Waals surface area contributed by atoms with Crippen LogP contribution in [0, 0.1) is 0 Å². The zero-order valence-corrected chi connectivity index (χ0v) is 23.5. The van der Waals surface area contributed by atoms with Gasteiger partial charge in [-0.15, -0.1) is 0 Å². The zero-order valence-electron chi connectivity index (χ0n) is 22.0. The highest BCUT2D eigenvalue weighted by atomic mass is 35.5. The van der Waals surface area contributed by atoms with Gasteiger partial charge >= 0.3 is 5.97 Å². The third kappa shape index (κ3) is 8.24. The van der Waals surface area contributed by atoms with E-state index in [0.717, 1.165) is 16.7 Å². The van der Waals surface area contributed by atoms with Gasteiger partial charge < -0.3 is 27.6 Å². The third-order valence-corrected chi connectivity index (χ3v) is 6.47. The fourth-order valence-corrected chi connectivity index (χ4v) is 4.47. The maximum absolute atomic E-state index is 11.0. The number of benzene rings is 3. The van der Waals surface area contributed by atoms with Crippen molar-refractivity contribution in [1.29, 1.82) is 0 Å². The SMILES string of the molecule is C[C@@H](Nc1cc(-c2ccc(C[C@H](N)C(=O)O)cc2)nc(N)n1)c1ccc2ccccc2c1.Nc1nc(Cl)cc(Cl)n1. The van der Waals surface area contributed by atoms with Gasteiger partial charge in [-0.2, -0.15) is 4.98 Å². The maximum Gasteiger partial charge on any atom is 0.320 e. The number of aromatic nitrogens is 4. The molecule has 0 radical (unpaired) electrons. The Kier molecular flexibility index (Phi) is 9.51. The van der Waals surface area contributed by atoms with Gasteiger partial charge in [-0.25, -0.2) is 15.0 Å². The van der Waals surface area contributed by atoms with Crippen LogP contribution < -0.4 is 22.5 Å². The first-order valence-corrected chi connectivity index (χ1v) is 13.3. The van der Waals surface area contributed by atoms with Crippen LogP contribution in [0.15, 0.2) is 78.9 Å². The molecule has 41 heavy (non-hydrogen) atoms. The number of nitrogens with zero attached hydrogens (tertiary/aromatic N) is 4. The Morgan fingerprint density at radius 2 is 1.49 bits per heavy atom. The number of hydrogen-bond donors (Lipinski definition) is 5. The first-order valence-electron chi connectivity index (χ1n) is 12.5. The predicted octanol–water partition coefficient (Wildman–Crippen LogP) is 5.37. The van der Waals surface area contributed by atoms with Gasteiger partial charge in [0.05, 0.1) is 5.69 Å². The summed E-state index contributed by atoms with van der Waals surface area (Å²) < 4.78 is 0. The number of halogens is 2. The van der Waals surface area contributed by atoms with Crippen molar-refractivity contribution in [3.63, 3.8) is 0 Å². The minimum Gasteiger partial charge on any atom is -0.480 e. The molecule has 0 spiro atoms. The minimum absolute atomic E-state index is 0.0154. The van der Waals surface area contributed by atoms with Crippen LogP contribution in [0.25, 0.3) is 22.0 Å². The maximum atomic E-state index is 11.0. The summed E-state index contributed by atoms with van der Waals surface area (Å²) >= 11 is 10.9. The van der Waals surface area contributed by atoms with Gasteiger partial charge in [0.25, 0.3) is 0 Å². The van der Waals surface area contributed by atoms with E-state index >= 15 is 0 Å². The summed E-state index contributed by atoms with van der Waals surface area (Å²) in [5.41, 5.74) is 20.3. The molecule has 0 saturated heterocycles. The molecule has 12 heteroatoms. The predicted molar refractivity (Wildman–Crippen MR) is 164 cm³/mol. The van der Waals surface area contributed by atoms with E-state index < -0.39 is 12.0 Å². The molecule has 5 aromatic rings. The zero-order chi connectivity index (χ0) is 29.5. The van der Waals surface area contributed by atoms with Gasteiger partial charge in [0, 0.05) is 23.7 Å². The Bertz CT molecular complexity index is 1620. The van der Waals surface area contributed by atoms with Crippen LogP contribution in [-0.2, 0) is 11.2 Å². The molecule has 0 saturated carbocycles. The molecule has 2 heterocycles. The Morgan fingerprint density at radius 3 is 2.12 bits per heavy atom. The topological polar surface area (TPSA) is 179 Å². The summed E-state index contributed by atoms with van der Waals surface area (Å²) in [5, 5.41) is 15.3. The van der Waals surface area contributed by atoms with E-state index in [-0.39, 0.29) is 34.7 Å². The highest BCUT2D eigenvalue weighted by Gasteiger charge is 2.13. The Labute approximate surface area is 246 Å². The van der Waals surface area contributed by atoms with Crippen LogP contribution in [0.1, 0.15) is 24.1 Å². The number of carboxylic acids is 1. The number of nitrogens with two attached hydrogens (primary N) is 3. The summed E-state index contributed by atoms with van der Waals surface area (Å²) in [7, 11) is 0. The highest BCUT2D eigenvalue weighted by Crippen LogP contribution is 2.26. The van der Waals surface area contributed by atoms with Crippen molar-refractivity contribution in [2.75, 3.05) is 16.8 Å². The largest absolute Gasteiger partial charge is 0.480 e. The van der Waals surface area contributed by atoms with Gasteiger partial charge in [-0.05, 0) is 41.3 Å². The molecule has 0 fully saturated rings. The van der Waals surface area contributed by atoms with Gasteiger partial charge in [-0.3, -0.25) is 4.79 Å². The van der Waals surface area contributed by atoms with Crippen molar-refractivity contribution in [3.05, 3.63) is 100 Å². The van der Waals surface area contributed by atoms with E-state index in [4.69, 9.17) is 45.5 Å². The lowest BCUT2D eigenvalue weighted by molar-refractivity contribution is -0.138. The molecule has 2 atom stereocenters. The van der Waals surface area contributed by atoms with Gasteiger partial charge in [0.1, 0.15) is 22.2 Å². The van der Waals surface area contributed by atoms with E-state index in [1.807, 2.05) is 42.5 Å². The second-order valence-electron chi connectivity index (χ2n) is 9.19. The van der Waals surface area contributed by atoms with Crippen LogP contribution in [0.2, 0.25) is 10.3 Å². The number of anilines is 3. The number of aliphatic carboxylic acids is 1. The van der Waals surface area contributed by atoms with Crippen LogP contribution in [0.3, 0.4) is 0 Å². The minimum atomic E-state index is -1.02. The number of carbonyl (C=O) groups is 1. The van der Waals surface area contributed by atoms with Gasteiger partial charge in [0.15, 0.2) is 0 Å². The molecule has 210 valence electrons. The van der Waals surface area contributed by atoms with E-state index in [1.165, 1.54) is 16.8 Å². The molecule has 3 aromatic carbocycles. The van der Waals surface area contributed by atoms with Crippen molar-refractivity contribution in [2.24, 2.45) is 5.73 Å². The van der Waals surface area contributed by atoms with Crippen molar-refractivity contribution in [3.8, 4) is 11.3 Å². The number of fused-ring (bicyclic) bond motifs is 1. The fraction of sp³-hybridized carbons (Fsp3) is 0.138. The molecule has 5 rings (SSSR count). The summed E-state index contributed by atoms with van der Waals surface area (Å²) in [4.78, 5) is 26.8. The summed E-state index contributed by atoms with van der Waals surface area (Å²) in [6, 6.07) is 24.4. The summed E-state index contributed by atoms with van der Waals surface area (Å²) in [6.45, 7) is 2.07. The Balaban J connectivity index is 0.000000367. The monoisotopic (exact) mass is 590 g/mol. The molecular weight excluding hydrogens is 563 g/mol. The van der Waals surface area contributed by atoms with Crippen molar-refractivity contribution in [2.45, 2.75) is 25.4 Å². The molecule has 0 aliphatic rings. The van der Waals surface area contributed by atoms with E-state index in [9.17, 15) is 4.79 Å². The molecule has 0 unspecified atom stereocenters. The summed E-state index contributed by atoms with van der Waals surface area (Å²) in [6.07, 6.45) is 0.262. The van der Waals surface area contributed by atoms with Gasteiger partial charge in [0.2, 0.25) is 11.9 Å². The van der Waals surface area contributed by atoms with E-state index in [1.54, 1.807) is 0 Å². The quantitative estimate of drug-likeness (QED) is 0.154. The smallest absolute Gasteiger partial charge is 0.320 e. The van der Waals surface area contributed by atoms with Crippen LogP contribution in [0.5, 0.6) is 0 Å².